The van der Waals surface area contributed by atoms with E-state index in [0.717, 1.165) is 43.9 Å². The molecule has 0 aliphatic carbocycles. The lowest BCUT2D eigenvalue weighted by atomic mass is 9.88. The van der Waals surface area contributed by atoms with Gasteiger partial charge in [-0.3, -0.25) is 14.1 Å². The Morgan fingerprint density at radius 1 is 1.10 bits per heavy atom. The summed E-state index contributed by atoms with van der Waals surface area (Å²) in [5.74, 6) is 0.814. The fourth-order valence-electron chi connectivity index (χ4n) is 4.67. The van der Waals surface area contributed by atoms with Crippen molar-refractivity contribution >= 4 is 33.3 Å². The van der Waals surface area contributed by atoms with Crippen molar-refractivity contribution in [2.45, 2.75) is 45.1 Å². The van der Waals surface area contributed by atoms with Gasteiger partial charge in [0.1, 0.15) is 11.4 Å². The van der Waals surface area contributed by atoms with Crippen molar-refractivity contribution in [3.8, 4) is 0 Å². The molecular formula is C20H29N5O3S. The second-order valence-electron chi connectivity index (χ2n) is 8.36. The van der Waals surface area contributed by atoms with Crippen molar-refractivity contribution in [2.75, 3.05) is 35.4 Å². The third kappa shape index (κ3) is 3.20. The fourth-order valence-corrected chi connectivity index (χ4v) is 6.71. The summed E-state index contributed by atoms with van der Waals surface area (Å²) in [6.45, 7) is 6.41. The van der Waals surface area contributed by atoms with Crippen LogP contribution < -0.4 is 14.9 Å². The first kappa shape index (κ1) is 20.2. The maximum Gasteiger partial charge on any atom is 0.305 e. The van der Waals surface area contributed by atoms with Crippen LogP contribution in [0.2, 0.25) is 0 Å². The van der Waals surface area contributed by atoms with Crippen LogP contribution in [0.5, 0.6) is 0 Å². The molecule has 4 rings (SSSR count). The van der Waals surface area contributed by atoms with E-state index in [1.54, 1.807) is 0 Å². The highest BCUT2D eigenvalue weighted by Crippen LogP contribution is 2.41. The Kier molecular flexibility index (Phi) is 5.06. The van der Waals surface area contributed by atoms with Gasteiger partial charge in [0.15, 0.2) is 0 Å². The largest absolute Gasteiger partial charge is 0.368 e. The summed E-state index contributed by atoms with van der Waals surface area (Å²) >= 11 is 0. The molecule has 1 aromatic rings. The average molecular weight is 420 g/mol. The molecule has 8 nitrogen and oxygen atoms in total. The third-order valence-corrected chi connectivity index (χ3v) is 8.14. The summed E-state index contributed by atoms with van der Waals surface area (Å²) < 4.78 is 29.0. The first-order chi connectivity index (χ1) is 13.8. The van der Waals surface area contributed by atoms with Crippen LogP contribution in [-0.4, -0.2) is 56.2 Å². The number of nitrogens with two attached hydrogens (primary N) is 1. The van der Waals surface area contributed by atoms with Gasteiger partial charge in [0, 0.05) is 31.2 Å². The molecule has 1 aromatic carbocycles. The molecule has 2 fully saturated rings. The van der Waals surface area contributed by atoms with Gasteiger partial charge in [-0.25, -0.2) is 0 Å². The van der Waals surface area contributed by atoms with Gasteiger partial charge in [0.05, 0.1) is 12.2 Å². The monoisotopic (exact) mass is 419 g/mol. The molecule has 2 N–H and O–H groups in total. The second-order valence-corrected chi connectivity index (χ2v) is 10.1. The van der Waals surface area contributed by atoms with E-state index >= 15 is 0 Å². The van der Waals surface area contributed by atoms with Gasteiger partial charge in [0.25, 0.3) is 0 Å². The fraction of sp³-hybridized carbons (Fsp3) is 0.600. The molecule has 9 heteroatoms. The summed E-state index contributed by atoms with van der Waals surface area (Å²) in [5, 5.41) is 0. The Hall–Kier alpha value is -2.13. The van der Waals surface area contributed by atoms with Gasteiger partial charge < -0.3 is 10.6 Å². The Bertz CT molecular complexity index is 928. The second kappa shape index (κ2) is 7.28. The number of piperidine rings is 1. The van der Waals surface area contributed by atoms with Crippen molar-refractivity contribution in [1.29, 1.82) is 0 Å². The van der Waals surface area contributed by atoms with Crippen LogP contribution in [0.25, 0.3) is 0 Å². The van der Waals surface area contributed by atoms with E-state index in [-0.39, 0.29) is 6.54 Å². The first-order valence-corrected chi connectivity index (χ1v) is 11.7. The van der Waals surface area contributed by atoms with Gasteiger partial charge in [-0.15, -0.1) is 0 Å². The third-order valence-electron chi connectivity index (χ3n) is 6.16. The molecule has 2 saturated heterocycles. The van der Waals surface area contributed by atoms with E-state index in [9.17, 15) is 13.2 Å². The molecule has 3 heterocycles. The predicted molar refractivity (Wildman–Crippen MR) is 114 cm³/mol. The number of carbonyl (C=O) groups is 1. The highest BCUT2D eigenvalue weighted by Gasteiger charge is 2.59. The van der Waals surface area contributed by atoms with Crippen LogP contribution >= 0.6 is 0 Å². The lowest BCUT2D eigenvalue weighted by Crippen LogP contribution is -2.58. The molecule has 0 bridgehead atoms. The zero-order chi connectivity index (χ0) is 20.8. The smallest absolute Gasteiger partial charge is 0.305 e. The minimum atomic E-state index is -3.78. The highest BCUT2D eigenvalue weighted by atomic mass is 32.2. The lowest BCUT2D eigenvalue weighted by Gasteiger charge is -2.35. The summed E-state index contributed by atoms with van der Waals surface area (Å²) in [6, 6.07) is 7.49. The number of nitrogens with zero attached hydrogens (tertiary/aromatic N) is 4. The van der Waals surface area contributed by atoms with Gasteiger partial charge in [0.2, 0.25) is 5.91 Å². The van der Waals surface area contributed by atoms with Crippen LogP contribution in [0.15, 0.2) is 29.3 Å². The Morgan fingerprint density at radius 2 is 1.79 bits per heavy atom. The number of hydrogen-bond acceptors (Lipinski definition) is 5. The number of benzene rings is 1. The Labute approximate surface area is 172 Å². The van der Waals surface area contributed by atoms with E-state index < -0.39 is 21.7 Å². The van der Waals surface area contributed by atoms with E-state index in [1.807, 2.05) is 24.3 Å². The van der Waals surface area contributed by atoms with Crippen LogP contribution in [-0.2, 0) is 15.0 Å². The van der Waals surface area contributed by atoms with Gasteiger partial charge in [-0.1, -0.05) is 13.8 Å². The molecule has 0 spiro atoms. The summed E-state index contributed by atoms with van der Waals surface area (Å²) in [4.78, 5) is 19.1. The minimum absolute atomic E-state index is 0.0758. The van der Waals surface area contributed by atoms with Crippen molar-refractivity contribution in [3.63, 3.8) is 0 Å². The summed E-state index contributed by atoms with van der Waals surface area (Å²) in [6.07, 6.45) is 3.01. The number of amides is 1. The van der Waals surface area contributed by atoms with Gasteiger partial charge in [-0.2, -0.15) is 12.7 Å². The van der Waals surface area contributed by atoms with Crippen LogP contribution in [0.3, 0.4) is 0 Å². The molecule has 1 amide bonds. The zero-order valence-electron chi connectivity index (χ0n) is 17.0. The molecule has 0 aromatic heterocycles. The number of carbonyl (C=O) groups excluding carboxylic acids is 1. The lowest BCUT2D eigenvalue weighted by molar-refractivity contribution is -0.127. The number of primary amides is 1. The number of hydrogen-bond donors (Lipinski definition) is 1. The SMILES string of the molecule is CC(C)C1=NCCCN1c1ccc(N2C[C@@]3(C(N)=O)CCCCN3S2(=O)=O)cc1. The zero-order valence-corrected chi connectivity index (χ0v) is 17.9. The molecule has 158 valence electrons. The molecule has 3 aliphatic heterocycles. The van der Waals surface area contributed by atoms with Crippen LogP contribution in [0.4, 0.5) is 11.4 Å². The Balaban J connectivity index is 1.65. The van der Waals surface area contributed by atoms with E-state index in [4.69, 9.17) is 5.73 Å². The molecule has 0 radical (unpaired) electrons. The molecule has 0 unspecified atom stereocenters. The van der Waals surface area contributed by atoms with E-state index in [2.05, 4.69) is 23.7 Å². The van der Waals surface area contributed by atoms with Crippen LogP contribution in [0, 0.1) is 5.92 Å². The van der Waals surface area contributed by atoms with E-state index in [1.165, 1.54) is 8.61 Å². The summed E-state index contributed by atoms with van der Waals surface area (Å²) in [5.41, 5.74) is 6.10. The van der Waals surface area contributed by atoms with Crippen LogP contribution in [0.1, 0.15) is 39.5 Å². The minimum Gasteiger partial charge on any atom is -0.368 e. The number of amidine groups is 1. The molecule has 3 aliphatic rings. The highest BCUT2D eigenvalue weighted by molar-refractivity contribution is 7.90. The van der Waals surface area contributed by atoms with E-state index in [0.29, 0.717) is 24.6 Å². The Morgan fingerprint density at radius 3 is 2.41 bits per heavy atom. The molecular weight excluding hydrogens is 390 g/mol. The normalized spacial score (nSPS) is 27.1. The van der Waals surface area contributed by atoms with Crippen molar-refractivity contribution < 1.29 is 13.2 Å². The topological polar surface area (TPSA) is 99.3 Å². The quantitative estimate of drug-likeness (QED) is 0.803. The van der Waals surface area contributed by atoms with Gasteiger partial charge in [-0.05, 0) is 49.9 Å². The first-order valence-electron chi connectivity index (χ1n) is 10.3. The average Bonchev–Trinajstić information content (AvgIpc) is 2.97. The number of fused-ring (bicyclic) bond motifs is 1. The summed E-state index contributed by atoms with van der Waals surface area (Å²) in [7, 11) is -3.78. The van der Waals surface area contributed by atoms with Crippen molar-refractivity contribution in [2.24, 2.45) is 16.6 Å². The predicted octanol–water partition coefficient (Wildman–Crippen LogP) is 1.73. The number of aliphatic imine (C=N–C) groups is 1. The molecule has 29 heavy (non-hydrogen) atoms. The van der Waals surface area contributed by atoms with Crippen molar-refractivity contribution in [1.82, 2.24) is 4.31 Å². The molecule has 0 saturated carbocycles. The van der Waals surface area contributed by atoms with Gasteiger partial charge >= 0.3 is 10.2 Å². The van der Waals surface area contributed by atoms with Crippen molar-refractivity contribution in [3.05, 3.63) is 24.3 Å². The maximum atomic E-state index is 13.2. The number of rotatable bonds is 4. The molecule has 1 atom stereocenters. The maximum absolute atomic E-state index is 13.2. The number of anilines is 2. The standard InChI is InChI=1S/C20H29N5O3S/c1-15(2)18-22-11-5-12-23(18)16-6-8-17(9-7-16)24-14-20(19(21)26)10-3-4-13-25(20)29(24,27)28/h6-9,15H,3-5,10-14H2,1-2H3,(H2,21,26)/t20-/m1/s1.